The molecule has 1 aromatic rings. The van der Waals surface area contributed by atoms with Crippen LogP contribution >= 0.6 is 0 Å². The van der Waals surface area contributed by atoms with Crippen LogP contribution in [0.2, 0.25) is 0 Å². The molecule has 2 unspecified atom stereocenters. The third kappa shape index (κ3) is 2.83. The van der Waals surface area contributed by atoms with Crippen molar-refractivity contribution in [1.29, 1.82) is 0 Å². The highest BCUT2D eigenvalue weighted by Gasteiger charge is 2.25. The smallest absolute Gasteiger partial charge is 0.150 e. The molecule has 0 radical (unpaired) electrons. The molecule has 4 heteroatoms. The van der Waals surface area contributed by atoms with Crippen molar-refractivity contribution in [3.8, 4) is 0 Å². The number of aromatic nitrogens is 1. The first-order valence-electron chi connectivity index (χ1n) is 6.15. The molecule has 0 amide bonds. The maximum atomic E-state index is 5.14. The topological polar surface area (TPSA) is 41.3 Å². The zero-order valence-corrected chi connectivity index (χ0v) is 10.1. The summed E-state index contributed by atoms with van der Waals surface area (Å²) in [5.41, 5.74) is 0. The minimum absolute atomic E-state index is 0.677. The number of hydrogen-bond donors (Lipinski definition) is 1. The standard InChI is InChI=1S/C12H21N3O/c1-3-13-12-5-7-15(8-10(12)2)9-11-4-6-14-16-11/h4,6,10,12-13H,3,5,7-9H2,1-2H3. The van der Waals surface area contributed by atoms with Crippen molar-refractivity contribution in [1.82, 2.24) is 15.4 Å². The van der Waals surface area contributed by atoms with Gasteiger partial charge in [-0.2, -0.15) is 0 Å². The molecule has 2 rings (SSSR count). The van der Waals surface area contributed by atoms with E-state index in [4.69, 9.17) is 4.52 Å². The summed E-state index contributed by atoms with van der Waals surface area (Å²) in [6, 6.07) is 2.62. The number of nitrogens with one attached hydrogen (secondary N) is 1. The number of likely N-dealkylation sites (tertiary alicyclic amines) is 1. The monoisotopic (exact) mass is 223 g/mol. The Hall–Kier alpha value is -0.870. The fraction of sp³-hybridized carbons (Fsp3) is 0.750. The lowest BCUT2D eigenvalue weighted by Gasteiger charge is -2.36. The molecule has 0 aromatic carbocycles. The molecule has 1 fully saturated rings. The second-order valence-electron chi connectivity index (χ2n) is 4.64. The van der Waals surface area contributed by atoms with Gasteiger partial charge in [-0.1, -0.05) is 19.0 Å². The Balaban J connectivity index is 1.82. The lowest BCUT2D eigenvalue weighted by Crippen LogP contribution is -2.47. The second kappa shape index (κ2) is 5.46. The van der Waals surface area contributed by atoms with Gasteiger partial charge in [0.15, 0.2) is 5.76 Å². The van der Waals surface area contributed by atoms with Crippen molar-refractivity contribution in [3.05, 3.63) is 18.0 Å². The minimum Gasteiger partial charge on any atom is -0.360 e. The predicted molar refractivity (Wildman–Crippen MR) is 63.0 cm³/mol. The molecular formula is C12H21N3O. The van der Waals surface area contributed by atoms with Crippen molar-refractivity contribution in [2.75, 3.05) is 19.6 Å². The van der Waals surface area contributed by atoms with Crippen LogP contribution in [0.5, 0.6) is 0 Å². The van der Waals surface area contributed by atoms with E-state index in [1.807, 2.05) is 6.07 Å². The Morgan fingerprint density at radius 1 is 1.62 bits per heavy atom. The van der Waals surface area contributed by atoms with E-state index in [-0.39, 0.29) is 0 Å². The highest BCUT2D eigenvalue weighted by molar-refractivity contribution is 4.94. The zero-order valence-electron chi connectivity index (χ0n) is 10.1. The van der Waals surface area contributed by atoms with Crippen LogP contribution in [-0.4, -0.2) is 35.7 Å². The lowest BCUT2D eigenvalue weighted by molar-refractivity contribution is 0.131. The van der Waals surface area contributed by atoms with Gasteiger partial charge in [-0.3, -0.25) is 4.90 Å². The number of hydrogen-bond acceptors (Lipinski definition) is 4. The second-order valence-corrected chi connectivity index (χ2v) is 4.64. The Bertz CT molecular complexity index is 299. The number of rotatable bonds is 4. The highest BCUT2D eigenvalue weighted by Crippen LogP contribution is 2.18. The fourth-order valence-corrected chi connectivity index (χ4v) is 2.49. The van der Waals surface area contributed by atoms with E-state index in [0.29, 0.717) is 12.0 Å². The molecule has 1 saturated heterocycles. The van der Waals surface area contributed by atoms with E-state index < -0.39 is 0 Å². The molecule has 90 valence electrons. The van der Waals surface area contributed by atoms with E-state index in [1.54, 1.807) is 6.20 Å². The molecule has 0 aliphatic carbocycles. The van der Waals surface area contributed by atoms with E-state index in [1.165, 1.54) is 6.42 Å². The average molecular weight is 223 g/mol. The van der Waals surface area contributed by atoms with Gasteiger partial charge in [-0.25, -0.2) is 0 Å². The normalized spacial score (nSPS) is 27.1. The molecule has 16 heavy (non-hydrogen) atoms. The predicted octanol–water partition coefficient (Wildman–Crippen LogP) is 1.49. The van der Waals surface area contributed by atoms with Crippen molar-refractivity contribution in [2.45, 2.75) is 32.9 Å². The summed E-state index contributed by atoms with van der Waals surface area (Å²) >= 11 is 0. The van der Waals surface area contributed by atoms with Gasteiger partial charge < -0.3 is 9.84 Å². The summed E-state index contributed by atoms with van der Waals surface area (Å²) in [7, 11) is 0. The molecule has 1 aliphatic rings. The molecule has 1 aromatic heterocycles. The Kier molecular flexibility index (Phi) is 3.96. The first kappa shape index (κ1) is 11.6. The van der Waals surface area contributed by atoms with Crippen molar-refractivity contribution >= 4 is 0 Å². The molecule has 0 saturated carbocycles. The van der Waals surface area contributed by atoms with Crippen LogP contribution in [0.3, 0.4) is 0 Å². The van der Waals surface area contributed by atoms with Crippen LogP contribution < -0.4 is 5.32 Å². The van der Waals surface area contributed by atoms with E-state index in [2.05, 4.69) is 29.2 Å². The summed E-state index contributed by atoms with van der Waals surface area (Å²) in [5, 5.41) is 7.29. The lowest BCUT2D eigenvalue weighted by atomic mass is 9.94. The molecule has 0 spiro atoms. The molecule has 4 nitrogen and oxygen atoms in total. The third-order valence-corrected chi connectivity index (χ3v) is 3.33. The maximum Gasteiger partial charge on any atom is 0.150 e. The van der Waals surface area contributed by atoms with Gasteiger partial charge in [-0.05, 0) is 18.9 Å². The summed E-state index contributed by atoms with van der Waals surface area (Å²) in [5.74, 6) is 1.67. The zero-order chi connectivity index (χ0) is 11.4. The average Bonchev–Trinajstić information content (AvgIpc) is 2.75. The van der Waals surface area contributed by atoms with Crippen LogP contribution in [0.25, 0.3) is 0 Å². The first-order chi connectivity index (χ1) is 7.79. The van der Waals surface area contributed by atoms with E-state index in [0.717, 1.165) is 31.9 Å². The quantitative estimate of drug-likeness (QED) is 0.839. The molecule has 0 bridgehead atoms. The van der Waals surface area contributed by atoms with Crippen LogP contribution in [0.4, 0.5) is 0 Å². The van der Waals surface area contributed by atoms with Crippen molar-refractivity contribution < 1.29 is 4.52 Å². The number of piperidine rings is 1. The van der Waals surface area contributed by atoms with Gasteiger partial charge in [0.05, 0.1) is 12.7 Å². The van der Waals surface area contributed by atoms with Crippen molar-refractivity contribution in [3.63, 3.8) is 0 Å². The van der Waals surface area contributed by atoms with Gasteiger partial charge in [0.2, 0.25) is 0 Å². The van der Waals surface area contributed by atoms with Gasteiger partial charge in [-0.15, -0.1) is 0 Å². The number of nitrogens with zero attached hydrogens (tertiary/aromatic N) is 2. The Morgan fingerprint density at radius 2 is 2.50 bits per heavy atom. The van der Waals surface area contributed by atoms with Crippen LogP contribution in [0, 0.1) is 5.92 Å². The fourth-order valence-electron chi connectivity index (χ4n) is 2.49. The minimum atomic E-state index is 0.677. The SMILES string of the molecule is CCNC1CCN(Cc2ccno2)CC1C. The largest absolute Gasteiger partial charge is 0.360 e. The highest BCUT2D eigenvalue weighted by atomic mass is 16.5. The van der Waals surface area contributed by atoms with Crippen LogP contribution in [-0.2, 0) is 6.54 Å². The van der Waals surface area contributed by atoms with E-state index in [9.17, 15) is 0 Å². The molecular weight excluding hydrogens is 202 g/mol. The molecule has 2 heterocycles. The summed E-state index contributed by atoms with van der Waals surface area (Å²) in [6.45, 7) is 8.73. The van der Waals surface area contributed by atoms with Crippen LogP contribution in [0.1, 0.15) is 26.0 Å². The Labute approximate surface area is 97.0 Å². The third-order valence-electron chi connectivity index (χ3n) is 3.33. The molecule has 1 N–H and O–H groups in total. The van der Waals surface area contributed by atoms with Crippen LogP contribution in [0.15, 0.2) is 16.8 Å². The molecule has 1 aliphatic heterocycles. The Morgan fingerprint density at radius 3 is 3.12 bits per heavy atom. The first-order valence-corrected chi connectivity index (χ1v) is 6.15. The molecule has 2 atom stereocenters. The maximum absolute atomic E-state index is 5.14. The van der Waals surface area contributed by atoms with Crippen molar-refractivity contribution in [2.24, 2.45) is 5.92 Å². The summed E-state index contributed by atoms with van der Waals surface area (Å²) in [4.78, 5) is 2.44. The summed E-state index contributed by atoms with van der Waals surface area (Å²) in [6.07, 6.45) is 2.94. The van der Waals surface area contributed by atoms with Gasteiger partial charge in [0.1, 0.15) is 0 Å². The van der Waals surface area contributed by atoms with Gasteiger partial charge in [0, 0.05) is 25.2 Å². The van der Waals surface area contributed by atoms with Gasteiger partial charge >= 0.3 is 0 Å². The summed E-state index contributed by atoms with van der Waals surface area (Å²) < 4.78 is 5.14. The van der Waals surface area contributed by atoms with Gasteiger partial charge in [0.25, 0.3) is 0 Å². The van der Waals surface area contributed by atoms with E-state index >= 15 is 0 Å².